The highest BCUT2D eigenvalue weighted by molar-refractivity contribution is 5.89. The molecule has 1 amide bonds. The van der Waals surface area contributed by atoms with Crippen LogP contribution in [-0.4, -0.2) is 65.7 Å². The molecule has 0 unspecified atom stereocenters. The standard InChI is InChI=1S/C25H28N2O4/c1-3-4-17-5-9-19(10-6-17)24-21-14-26(15-23(29)27(21)22(24)16-28)13-18-7-11-20(12-8-18)25(30)31-2/h3-12,21-22,24,28H,13-16H2,1-2H3/b4-3+/t21-,22+,24+/m0/s1. The average Bonchev–Trinajstić information content (AvgIpc) is 2.77. The molecule has 4 rings (SSSR count). The molecule has 3 atom stereocenters. The third-order valence-corrected chi connectivity index (χ3v) is 6.28. The summed E-state index contributed by atoms with van der Waals surface area (Å²) in [4.78, 5) is 28.5. The van der Waals surface area contributed by atoms with Crippen LogP contribution in [0.2, 0.25) is 0 Å². The fourth-order valence-electron chi connectivity index (χ4n) is 4.83. The molecule has 1 N–H and O–H groups in total. The highest BCUT2D eigenvalue weighted by Gasteiger charge is 2.53. The van der Waals surface area contributed by atoms with E-state index in [-0.39, 0.29) is 36.5 Å². The van der Waals surface area contributed by atoms with E-state index >= 15 is 0 Å². The number of piperazine rings is 1. The van der Waals surface area contributed by atoms with Crippen LogP contribution in [-0.2, 0) is 16.1 Å². The Bertz CT molecular complexity index is 968. The fourth-order valence-corrected chi connectivity index (χ4v) is 4.83. The molecule has 2 aromatic carbocycles. The van der Waals surface area contributed by atoms with Crippen LogP contribution in [0.4, 0.5) is 0 Å². The number of rotatable bonds is 6. The largest absolute Gasteiger partial charge is 0.465 e. The topological polar surface area (TPSA) is 70.1 Å². The van der Waals surface area contributed by atoms with Crippen molar-refractivity contribution in [2.75, 3.05) is 26.8 Å². The van der Waals surface area contributed by atoms with Gasteiger partial charge in [-0.25, -0.2) is 4.79 Å². The van der Waals surface area contributed by atoms with Crippen molar-refractivity contribution in [2.24, 2.45) is 0 Å². The van der Waals surface area contributed by atoms with Crippen LogP contribution in [0.15, 0.2) is 54.6 Å². The van der Waals surface area contributed by atoms with Gasteiger partial charge in [0.1, 0.15) is 0 Å². The predicted octanol–water partition coefficient (Wildman–Crippen LogP) is 2.68. The summed E-state index contributed by atoms with van der Waals surface area (Å²) in [5.41, 5.74) is 3.85. The molecular weight excluding hydrogens is 392 g/mol. The van der Waals surface area contributed by atoms with E-state index in [0.29, 0.717) is 18.7 Å². The molecule has 6 nitrogen and oxygen atoms in total. The maximum atomic E-state index is 12.8. The van der Waals surface area contributed by atoms with Gasteiger partial charge in [0.25, 0.3) is 0 Å². The Morgan fingerprint density at radius 1 is 1.16 bits per heavy atom. The summed E-state index contributed by atoms with van der Waals surface area (Å²) in [6.07, 6.45) is 4.06. The second-order valence-electron chi connectivity index (χ2n) is 8.17. The van der Waals surface area contributed by atoms with E-state index in [1.54, 1.807) is 12.1 Å². The van der Waals surface area contributed by atoms with Crippen LogP contribution in [0.5, 0.6) is 0 Å². The second kappa shape index (κ2) is 9.04. The maximum absolute atomic E-state index is 12.8. The van der Waals surface area contributed by atoms with Gasteiger partial charge in [-0.2, -0.15) is 0 Å². The van der Waals surface area contributed by atoms with Gasteiger partial charge in [0.05, 0.1) is 37.9 Å². The van der Waals surface area contributed by atoms with E-state index in [1.807, 2.05) is 30.0 Å². The number of nitrogens with zero attached hydrogens (tertiary/aromatic N) is 2. The number of allylic oxidation sites excluding steroid dienone is 1. The van der Waals surface area contributed by atoms with Crippen LogP contribution in [0.1, 0.15) is 39.9 Å². The minimum atomic E-state index is -0.358. The predicted molar refractivity (Wildman–Crippen MR) is 118 cm³/mol. The van der Waals surface area contributed by atoms with Gasteiger partial charge in [0.2, 0.25) is 5.91 Å². The normalized spacial score (nSPS) is 23.5. The molecule has 31 heavy (non-hydrogen) atoms. The van der Waals surface area contributed by atoms with E-state index in [4.69, 9.17) is 4.74 Å². The van der Waals surface area contributed by atoms with Gasteiger partial charge in [0, 0.05) is 19.0 Å². The van der Waals surface area contributed by atoms with E-state index in [0.717, 1.165) is 23.2 Å². The summed E-state index contributed by atoms with van der Waals surface area (Å²) in [5, 5.41) is 9.95. The molecule has 6 heteroatoms. The third kappa shape index (κ3) is 4.13. The highest BCUT2D eigenvalue weighted by atomic mass is 16.5. The maximum Gasteiger partial charge on any atom is 0.337 e. The SMILES string of the molecule is C/C=C/c1ccc([C@H]2[C@@H](CO)N3C(=O)CN(Cc4ccc(C(=O)OC)cc4)C[C@@H]23)cc1. The van der Waals surface area contributed by atoms with Crippen molar-refractivity contribution in [3.63, 3.8) is 0 Å². The van der Waals surface area contributed by atoms with Crippen LogP contribution < -0.4 is 0 Å². The van der Waals surface area contributed by atoms with Gasteiger partial charge in [-0.15, -0.1) is 0 Å². The molecule has 2 fully saturated rings. The molecule has 0 saturated carbocycles. The van der Waals surface area contributed by atoms with Gasteiger partial charge in [-0.3, -0.25) is 9.69 Å². The van der Waals surface area contributed by atoms with Gasteiger partial charge < -0.3 is 14.7 Å². The fraction of sp³-hybridized carbons (Fsp3) is 0.360. The Hall–Kier alpha value is -2.96. The van der Waals surface area contributed by atoms with E-state index in [2.05, 4.69) is 35.2 Å². The van der Waals surface area contributed by atoms with Gasteiger partial charge in [-0.05, 0) is 35.7 Å². The number of esters is 1. The first-order valence-electron chi connectivity index (χ1n) is 10.6. The number of benzene rings is 2. The quantitative estimate of drug-likeness (QED) is 0.728. The summed E-state index contributed by atoms with van der Waals surface area (Å²) in [6.45, 7) is 3.68. The number of amides is 1. The zero-order chi connectivity index (χ0) is 22.0. The Morgan fingerprint density at radius 3 is 2.48 bits per heavy atom. The van der Waals surface area contributed by atoms with Crippen molar-refractivity contribution in [3.8, 4) is 0 Å². The van der Waals surface area contributed by atoms with Crippen molar-refractivity contribution < 1.29 is 19.4 Å². The summed E-state index contributed by atoms with van der Waals surface area (Å²) in [6, 6.07) is 15.6. The molecule has 2 heterocycles. The van der Waals surface area contributed by atoms with Crippen molar-refractivity contribution in [1.29, 1.82) is 0 Å². The molecule has 0 radical (unpaired) electrons. The van der Waals surface area contributed by atoms with Gasteiger partial charge in [-0.1, -0.05) is 48.6 Å². The van der Waals surface area contributed by atoms with Gasteiger partial charge in [0.15, 0.2) is 0 Å². The lowest BCUT2D eigenvalue weighted by Crippen LogP contribution is -2.72. The number of hydrogen-bond acceptors (Lipinski definition) is 5. The first-order chi connectivity index (χ1) is 15.0. The number of carbonyl (C=O) groups excluding carboxylic acids is 2. The molecule has 2 aliphatic heterocycles. The lowest BCUT2D eigenvalue weighted by atomic mass is 9.73. The molecular formula is C25H28N2O4. The number of carbonyl (C=O) groups is 2. The summed E-state index contributed by atoms with van der Waals surface area (Å²) >= 11 is 0. The van der Waals surface area contributed by atoms with Crippen molar-refractivity contribution in [2.45, 2.75) is 31.5 Å². The molecule has 0 bridgehead atoms. The monoisotopic (exact) mass is 420 g/mol. The molecule has 162 valence electrons. The second-order valence-corrected chi connectivity index (χ2v) is 8.17. The zero-order valence-electron chi connectivity index (χ0n) is 17.9. The molecule has 0 aliphatic carbocycles. The molecule has 2 saturated heterocycles. The first-order valence-corrected chi connectivity index (χ1v) is 10.6. The number of fused-ring (bicyclic) bond motifs is 1. The third-order valence-electron chi connectivity index (χ3n) is 6.28. The summed E-state index contributed by atoms with van der Waals surface area (Å²) < 4.78 is 4.75. The number of aliphatic hydroxyl groups excluding tert-OH is 1. The zero-order valence-corrected chi connectivity index (χ0v) is 17.9. The Balaban J connectivity index is 1.48. The number of ether oxygens (including phenoxy) is 1. The average molecular weight is 421 g/mol. The van der Waals surface area contributed by atoms with Crippen LogP contribution in [0, 0.1) is 0 Å². The minimum absolute atomic E-state index is 0.0293. The first kappa shape index (κ1) is 21.3. The van der Waals surface area contributed by atoms with Crippen molar-refractivity contribution in [3.05, 3.63) is 76.9 Å². The Kier molecular flexibility index (Phi) is 6.20. The molecule has 0 spiro atoms. The minimum Gasteiger partial charge on any atom is -0.465 e. The van der Waals surface area contributed by atoms with Crippen LogP contribution >= 0.6 is 0 Å². The number of aliphatic hydroxyl groups is 1. The summed E-state index contributed by atoms with van der Waals surface area (Å²) in [5.74, 6) is -0.176. The van der Waals surface area contributed by atoms with E-state index < -0.39 is 0 Å². The molecule has 0 aromatic heterocycles. The Morgan fingerprint density at radius 2 is 1.87 bits per heavy atom. The molecule has 2 aromatic rings. The van der Waals surface area contributed by atoms with Crippen LogP contribution in [0.3, 0.4) is 0 Å². The van der Waals surface area contributed by atoms with E-state index in [1.165, 1.54) is 7.11 Å². The lowest BCUT2D eigenvalue weighted by molar-refractivity contribution is -0.162. The Labute approximate surface area is 182 Å². The van der Waals surface area contributed by atoms with Gasteiger partial charge >= 0.3 is 5.97 Å². The number of methoxy groups -OCH3 is 1. The smallest absolute Gasteiger partial charge is 0.337 e. The lowest BCUT2D eigenvalue weighted by Gasteiger charge is -2.59. The number of hydrogen-bond donors (Lipinski definition) is 1. The van der Waals surface area contributed by atoms with Crippen molar-refractivity contribution >= 4 is 18.0 Å². The molecule has 2 aliphatic rings. The van der Waals surface area contributed by atoms with Crippen molar-refractivity contribution in [1.82, 2.24) is 9.80 Å². The summed E-state index contributed by atoms with van der Waals surface area (Å²) in [7, 11) is 1.37. The van der Waals surface area contributed by atoms with Crippen LogP contribution in [0.25, 0.3) is 6.08 Å². The highest BCUT2D eigenvalue weighted by Crippen LogP contribution is 2.43. The van der Waals surface area contributed by atoms with E-state index in [9.17, 15) is 14.7 Å².